The third-order valence-corrected chi connectivity index (χ3v) is 6.94. The van der Waals surface area contributed by atoms with Crippen LogP contribution in [0.3, 0.4) is 0 Å². The quantitative estimate of drug-likeness (QED) is 0.320. The Morgan fingerprint density at radius 2 is 0.750 bits per heavy atom. The van der Waals surface area contributed by atoms with Crippen LogP contribution in [-0.2, 0) is 9.78 Å². The molecule has 2 nitrogen and oxygen atoms in total. The van der Waals surface area contributed by atoms with Gasteiger partial charge in [-0.3, -0.25) is 0 Å². The summed E-state index contributed by atoms with van der Waals surface area (Å²) >= 11 is 0. The van der Waals surface area contributed by atoms with Crippen molar-refractivity contribution in [3.8, 4) is 0 Å². The number of rotatable bonds is 9. The Labute approximate surface area is 153 Å². The minimum absolute atomic E-state index is 0.187. The maximum Gasteiger partial charge on any atom is 0.106 e. The monoisotopic (exact) mass is 342 g/mol. The van der Waals surface area contributed by atoms with Crippen molar-refractivity contribution in [2.24, 2.45) is 22.7 Å². The van der Waals surface area contributed by atoms with Gasteiger partial charge in [0.25, 0.3) is 0 Å². The predicted octanol–water partition coefficient (Wildman–Crippen LogP) is 7.42. The highest BCUT2D eigenvalue weighted by Gasteiger charge is 2.46. The van der Waals surface area contributed by atoms with Gasteiger partial charge < -0.3 is 0 Å². The fraction of sp³-hybridized carbons (Fsp3) is 1.00. The van der Waals surface area contributed by atoms with Crippen LogP contribution in [0.4, 0.5) is 0 Å². The first-order valence-electron chi connectivity index (χ1n) is 10.1. The molecule has 0 amide bonds. The van der Waals surface area contributed by atoms with E-state index in [-0.39, 0.29) is 22.0 Å². The molecule has 2 heteroatoms. The normalized spacial score (nSPS) is 17.0. The predicted molar refractivity (Wildman–Crippen MR) is 106 cm³/mol. The van der Waals surface area contributed by atoms with E-state index >= 15 is 0 Å². The molecule has 0 aliphatic rings. The lowest BCUT2D eigenvalue weighted by molar-refractivity contribution is -0.440. The fourth-order valence-electron chi connectivity index (χ4n) is 3.85. The van der Waals surface area contributed by atoms with Gasteiger partial charge in [-0.05, 0) is 48.3 Å². The Morgan fingerprint density at radius 1 is 0.542 bits per heavy atom. The van der Waals surface area contributed by atoms with Crippen molar-refractivity contribution in [2.75, 3.05) is 0 Å². The summed E-state index contributed by atoms with van der Waals surface area (Å²) in [6.45, 7) is 27.3. The van der Waals surface area contributed by atoms with Crippen molar-refractivity contribution in [1.82, 2.24) is 0 Å². The minimum Gasteiger partial charge on any atom is -0.229 e. The summed E-state index contributed by atoms with van der Waals surface area (Å²) in [6.07, 6.45) is 3.87. The minimum atomic E-state index is -0.231. The van der Waals surface area contributed by atoms with E-state index in [0.717, 1.165) is 25.7 Å². The molecule has 146 valence electrons. The molecule has 2 unspecified atom stereocenters. The molecule has 24 heavy (non-hydrogen) atoms. The Morgan fingerprint density at radius 3 is 0.875 bits per heavy atom. The molecule has 0 rings (SSSR count). The molecule has 0 heterocycles. The molecule has 0 aromatic heterocycles. The molecule has 0 fully saturated rings. The zero-order chi connectivity index (χ0) is 19.4. The molecular weight excluding hydrogens is 296 g/mol. The Balaban J connectivity index is 5.58. The third-order valence-electron chi connectivity index (χ3n) is 6.94. The highest BCUT2D eigenvalue weighted by atomic mass is 17.2. The van der Waals surface area contributed by atoms with Crippen molar-refractivity contribution in [2.45, 2.75) is 120 Å². The highest BCUT2D eigenvalue weighted by molar-refractivity contribution is 4.92. The summed E-state index contributed by atoms with van der Waals surface area (Å²) in [5.41, 5.74) is -0.0882. The lowest BCUT2D eigenvalue weighted by Gasteiger charge is -2.48. The van der Waals surface area contributed by atoms with Gasteiger partial charge in [-0.15, -0.1) is 0 Å². The van der Waals surface area contributed by atoms with E-state index in [1.807, 2.05) is 0 Å². The second kappa shape index (κ2) is 8.54. The van der Waals surface area contributed by atoms with Gasteiger partial charge in [0, 0.05) is 0 Å². The van der Waals surface area contributed by atoms with Gasteiger partial charge in [-0.1, -0.05) is 83.1 Å². The molecule has 0 aliphatic heterocycles. The van der Waals surface area contributed by atoms with Crippen molar-refractivity contribution in [1.29, 1.82) is 0 Å². The molecule has 0 aliphatic carbocycles. The van der Waals surface area contributed by atoms with E-state index in [4.69, 9.17) is 9.78 Å². The number of hydrogen-bond donors (Lipinski definition) is 0. The Hall–Kier alpha value is -0.0800. The van der Waals surface area contributed by atoms with Crippen molar-refractivity contribution in [3.63, 3.8) is 0 Å². The van der Waals surface area contributed by atoms with Gasteiger partial charge >= 0.3 is 0 Å². The molecule has 0 saturated heterocycles. The van der Waals surface area contributed by atoms with Gasteiger partial charge in [0.1, 0.15) is 11.2 Å². The molecule has 0 aromatic rings. The first kappa shape index (κ1) is 23.9. The molecule has 0 spiro atoms. The molecule has 0 bridgehead atoms. The standard InChI is InChI=1S/C22H46O2/c1-13-21(14-2,17(5)19(7,8)9)23-24-22(15-3,16-4)18(6)20(10,11)12/h17-18H,13-16H2,1-12H3. The molecule has 0 aromatic carbocycles. The molecular formula is C22H46O2. The van der Waals surface area contributed by atoms with E-state index in [1.54, 1.807) is 0 Å². The van der Waals surface area contributed by atoms with Crippen LogP contribution in [0.2, 0.25) is 0 Å². The SMILES string of the molecule is CCC(CC)(OOC(CC)(CC)C(C)C(C)(C)C)C(C)C(C)(C)C. The first-order chi connectivity index (χ1) is 10.8. The largest absolute Gasteiger partial charge is 0.229 e. The zero-order valence-electron chi connectivity index (χ0n) is 18.8. The van der Waals surface area contributed by atoms with E-state index in [9.17, 15) is 0 Å². The van der Waals surface area contributed by atoms with Crippen LogP contribution in [0.1, 0.15) is 109 Å². The van der Waals surface area contributed by atoms with Crippen LogP contribution in [0.25, 0.3) is 0 Å². The van der Waals surface area contributed by atoms with Gasteiger partial charge in [-0.2, -0.15) is 0 Å². The van der Waals surface area contributed by atoms with Gasteiger partial charge in [0.2, 0.25) is 0 Å². The third kappa shape index (κ3) is 5.21. The van der Waals surface area contributed by atoms with Crippen molar-refractivity contribution >= 4 is 0 Å². The average molecular weight is 343 g/mol. The lowest BCUT2D eigenvalue weighted by Crippen LogP contribution is -2.50. The summed E-state index contributed by atoms with van der Waals surface area (Å²) in [6, 6.07) is 0. The van der Waals surface area contributed by atoms with Crippen molar-refractivity contribution < 1.29 is 9.78 Å². The van der Waals surface area contributed by atoms with Crippen LogP contribution in [0.5, 0.6) is 0 Å². The summed E-state index contributed by atoms with van der Waals surface area (Å²) in [5.74, 6) is 0.827. The van der Waals surface area contributed by atoms with E-state index in [2.05, 4.69) is 83.1 Å². The van der Waals surface area contributed by atoms with Crippen LogP contribution in [0.15, 0.2) is 0 Å². The zero-order valence-corrected chi connectivity index (χ0v) is 18.8. The summed E-state index contributed by atoms with van der Waals surface area (Å²) in [7, 11) is 0. The molecule has 0 radical (unpaired) electrons. The average Bonchev–Trinajstić information content (AvgIpc) is 2.50. The summed E-state index contributed by atoms with van der Waals surface area (Å²) in [4.78, 5) is 12.8. The Kier molecular flexibility index (Phi) is 8.51. The van der Waals surface area contributed by atoms with E-state index in [1.165, 1.54) is 0 Å². The molecule has 2 atom stereocenters. The van der Waals surface area contributed by atoms with Crippen LogP contribution >= 0.6 is 0 Å². The number of hydrogen-bond acceptors (Lipinski definition) is 2. The summed E-state index contributed by atoms with van der Waals surface area (Å²) in [5, 5.41) is 0. The van der Waals surface area contributed by atoms with Gasteiger partial charge in [-0.25, -0.2) is 9.78 Å². The van der Waals surface area contributed by atoms with Crippen LogP contribution < -0.4 is 0 Å². The van der Waals surface area contributed by atoms with Crippen LogP contribution in [0, 0.1) is 22.7 Å². The molecule has 0 saturated carbocycles. The second-order valence-electron chi connectivity index (χ2n) is 9.89. The highest BCUT2D eigenvalue weighted by Crippen LogP contribution is 2.45. The second-order valence-corrected chi connectivity index (χ2v) is 9.89. The fourth-order valence-corrected chi connectivity index (χ4v) is 3.85. The Bertz CT molecular complexity index is 315. The smallest absolute Gasteiger partial charge is 0.106 e. The van der Waals surface area contributed by atoms with E-state index in [0.29, 0.717) is 11.8 Å². The van der Waals surface area contributed by atoms with E-state index < -0.39 is 0 Å². The van der Waals surface area contributed by atoms with Gasteiger partial charge in [0.05, 0.1) is 0 Å². The first-order valence-corrected chi connectivity index (χ1v) is 10.1. The van der Waals surface area contributed by atoms with Crippen LogP contribution in [-0.4, -0.2) is 11.2 Å². The maximum atomic E-state index is 6.38. The summed E-state index contributed by atoms with van der Waals surface area (Å²) < 4.78 is 0. The maximum absolute atomic E-state index is 6.38. The van der Waals surface area contributed by atoms with Gasteiger partial charge in [0.15, 0.2) is 0 Å². The topological polar surface area (TPSA) is 18.5 Å². The lowest BCUT2D eigenvalue weighted by atomic mass is 9.69. The molecule has 0 N–H and O–H groups in total. The van der Waals surface area contributed by atoms with Crippen molar-refractivity contribution in [3.05, 3.63) is 0 Å².